The molecule has 0 saturated heterocycles. The van der Waals surface area contributed by atoms with Gasteiger partial charge in [-0.2, -0.15) is 5.10 Å². The number of hydrogen-bond acceptors (Lipinski definition) is 4. The predicted octanol–water partition coefficient (Wildman–Crippen LogP) is 4.04. The van der Waals surface area contributed by atoms with Gasteiger partial charge in [-0.3, -0.25) is 9.78 Å². The number of aryl methyl sites for hydroxylation is 2. The van der Waals surface area contributed by atoms with Crippen LogP contribution < -0.4 is 5.32 Å². The fourth-order valence-corrected chi connectivity index (χ4v) is 3.16. The third-order valence-corrected chi connectivity index (χ3v) is 4.71. The Kier molecular flexibility index (Phi) is 4.80. The summed E-state index contributed by atoms with van der Waals surface area (Å²) in [5.74, 6) is -0.0612. The zero-order valence-corrected chi connectivity index (χ0v) is 16.3. The number of carbonyl (C=O) groups excluding carboxylic acids is 1. The van der Waals surface area contributed by atoms with Gasteiger partial charge in [-0.05, 0) is 44.5 Å². The first-order chi connectivity index (χ1) is 13.9. The van der Waals surface area contributed by atoms with E-state index in [2.05, 4.69) is 20.4 Å². The SMILES string of the molecule is Cc1ccc(-c2cc(C(=O)N[C@H](C)c3ccc(F)cn3)cn3nc(C)nc23)cc1. The van der Waals surface area contributed by atoms with Crippen LogP contribution in [0.5, 0.6) is 0 Å². The number of fused-ring (bicyclic) bond motifs is 1. The van der Waals surface area contributed by atoms with Gasteiger partial charge in [-0.15, -0.1) is 0 Å². The number of carbonyl (C=O) groups is 1. The van der Waals surface area contributed by atoms with E-state index < -0.39 is 5.82 Å². The van der Waals surface area contributed by atoms with Gasteiger partial charge in [0.1, 0.15) is 11.6 Å². The molecule has 1 amide bonds. The Morgan fingerprint density at radius 3 is 2.59 bits per heavy atom. The van der Waals surface area contributed by atoms with Crippen LogP contribution in [0, 0.1) is 19.7 Å². The Labute approximate surface area is 167 Å². The van der Waals surface area contributed by atoms with Crippen LogP contribution in [0.2, 0.25) is 0 Å². The molecule has 0 aliphatic rings. The number of nitrogens with one attached hydrogen (secondary N) is 1. The molecule has 0 fully saturated rings. The fraction of sp³-hybridized carbons (Fsp3) is 0.182. The number of benzene rings is 1. The highest BCUT2D eigenvalue weighted by Crippen LogP contribution is 2.26. The molecule has 7 heteroatoms. The lowest BCUT2D eigenvalue weighted by Gasteiger charge is -2.14. The van der Waals surface area contributed by atoms with Crippen LogP contribution >= 0.6 is 0 Å². The number of rotatable bonds is 4. The lowest BCUT2D eigenvalue weighted by atomic mass is 10.0. The van der Waals surface area contributed by atoms with E-state index in [1.54, 1.807) is 23.7 Å². The minimum absolute atomic E-state index is 0.271. The minimum atomic E-state index is -0.415. The van der Waals surface area contributed by atoms with E-state index in [4.69, 9.17) is 0 Å². The molecule has 0 spiro atoms. The lowest BCUT2D eigenvalue weighted by molar-refractivity contribution is 0.0938. The van der Waals surface area contributed by atoms with Crippen LogP contribution in [0.3, 0.4) is 0 Å². The van der Waals surface area contributed by atoms with E-state index >= 15 is 0 Å². The van der Waals surface area contributed by atoms with E-state index in [1.807, 2.05) is 44.2 Å². The van der Waals surface area contributed by atoms with Crippen molar-refractivity contribution in [2.75, 3.05) is 0 Å². The molecule has 3 heterocycles. The van der Waals surface area contributed by atoms with Gasteiger partial charge >= 0.3 is 0 Å². The molecule has 1 N–H and O–H groups in total. The largest absolute Gasteiger partial charge is 0.344 e. The highest BCUT2D eigenvalue weighted by Gasteiger charge is 2.17. The summed E-state index contributed by atoms with van der Waals surface area (Å²) in [5.41, 5.74) is 4.65. The molecule has 146 valence electrons. The number of pyridine rings is 2. The Morgan fingerprint density at radius 2 is 1.90 bits per heavy atom. The van der Waals surface area contributed by atoms with Crippen molar-refractivity contribution in [2.24, 2.45) is 0 Å². The first kappa shape index (κ1) is 18.7. The van der Waals surface area contributed by atoms with Crippen LogP contribution in [-0.2, 0) is 0 Å². The Balaban J connectivity index is 1.70. The molecule has 1 atom stereocenters. The second-order valence-corrected chi connectivity index (χ2v) is 7.03. The quantitative estimate of drug-likeness (QED) is 0.572. The van der Waals surface area contributed by atoms with Crippen molar-refractivity contribution in [3.63, 3.8) is 0 Å². The molecule has 4 aromatic rings. The van der Waals surface area contributed by atoms with Crippen molar-refractivity contribution < 1.29 is 9.18 Å². The zero-order valence-electron chi connectivity index (χ0n) is 16.3. The fourth-order valence-electron chi connectivity index (χ4n) is 3.16. The lowest BCUT2D eigenvalue weighted by Crippen LogP contribution is -2.27. The first-order valence-corrected chi connectivity index (χ1v) is 9.27. The maximum Gasteiger partial charge on any atom is 0.253 e. The first-order valence-electron chi connectivity index (χ1n) is 9.27. The predicted molar refractivity (Wildman–Crippen MR) is 108 cm³/mol. The minimum Gasteiger partial charge on any atom is -0.344 e. The Hall–Kier alpha value is -3.61. The maximum absolute atomic E-state index is 13.1. The van der Waals surface area contributed by atoms with Gasteiger partial charge in [0.15, 0.2) is 5.65 Å². The molecule has 0 bridgehead atoms. The van der Waals surface area contributed by atoms with Crippen LogP contribution in [0.1, 0.15) is 40.4 Å². The second kappa shape index (κ2) is 7.43. The van der Waals surface area contributed by atoms with Gasteiger partial charge < -0.3 is 5.32 Å². The molecule has 4 rings (SSSR count). The van der Waals surface area contributed by atoms with E-state index in [-0.39, 0.29) is 11.9 Å². The number of amides is 1. The smallest absolute Gasteiger partial charge is 0.253 e. The van der Waals surface area contributed by atoms with E-state index in [0.29, 0.717) is 22.7 Å². The van der Waals surface area contributed by atoms with Gasteiger partial charge in [0.05, 0.1) is 23.5 Å². The normalized spacial score (nSPS) is 12.1. The molecule has 0 unspecified atom stereocenters. The molecule has 0 saturated carbocycles. The molecule has 0 aliphatic carbocycles. The highest BCUT2D eigenvalue weighted by atomic mass is 19.1. The van der Waals surface area contributed by atoms with Crippen LogP contribution in [-0.4, -0.2) is 25.5 Å². The van der Waals surface area contributed by atoms with Gasteiger partial charge in [0, 0.05) is 11.8 Å². The summed E-state index contributed by atoms with van der Waals surface area (Å²) in [6, 6.07) is 12.4. The van der Waals surface area contributed by atoms with Gasteiger partial charge in [0.2, 0.25) is 0 Å². The van der Waals surface area contributed by atoms with Crippen LogP contribution in [0.25, 0.3) is 16.8 Å². The van der Waals surface area contributed by atoms with Gasteiger partial charge in [-0.25, -0.2) is 13.9 Å². The number of nitrogens with zero attached hydrogens (tertiary/aromatic N) is 4. The number of aromatic nitrogens is 4. The molecule has 29 heavy (non-hydrogen) atoms. The average Bonchev–Trinajstić information content (AvgIpc) is 3.08. The van der Waals surface area contributed by atoms with Gasteiger partial charge in [0.25, 0.3) is 5.91 Å². The van der Waals surface area contributed by atoms with Crippen molar-refractivity contribution in [1.29, 1.82) is 0 Å². The molecule has 0 aliphatic heterocycles. The summed E-state index contributed by atoms with van der Waals surface area (Å²) in [6.07, 6.45) is 2.80. The summed E-state index contributed by atoms with van der Waals surface area (Å²) in [4.78, 5) is 21.4. The molecule has 0 radical (unpaired) electrons. The summed E-state index contributed by atoms with van der Waals surface area (Å²) >= 11 is 0. The van der Waals surface area contributed by atoms with Crippen molar-refractivity contribution in [2.45, 2.75) is 26.8 Å². The summed E-state index contributed by atoms with van der Waals surface area (Å²) < 4.78 is 14.7. The molecule has 1 aromatic carbocycles. The highest BCUT2D eigenvalue weighted by molar-refractivity contribution is 5.96. The summed E-state index contributed by atoms with van der Waals surface area (Å²) in [7, 11) is 0. The van der Waals surface area contributed by atoms with Crippen molar-refractivity contribution in [3.8, 4) is 11.1 Å². The standard InChI is InChI=1S/C22H20FN5O/c1-13-4-6-16(7-5-13)19-10-17(12-28-21(19)26-15(3)27-28)22(29)25-14(2)20-9-8-18(23)11-24-20/h4-12,14H,1-3H3,(H,25,29)/t14-/m1/s1. The van der Waals surface area contributed by atoms with E-state index in [1.165, 1.54) is 6.07 Å². The molecular weight excluding hydrogens is 369 g/mol. The Morgan fingerprint density at radius 1 is 1.14 bits per heavy atom. The average molecular weight is 389 g/mol. The van der Waals surface area contributed by atoms with Crippen molar-refractivity contribution >= 4 is 11.6 Å². The zero-order chi connectivity index (χ0) is 20.5. The molecule has 6 nitrogen and oxygen atoms in total. The maximum atomic E-state index is 13.1. The summed E-state index contributed by atoms with van der Waals surface area (Å²) in [5, 5.41) is 7.28. The summed E-state index contributed by atoms with van der Waals surface area (Å²) in [6.45, 7) is 5.64. The van der Waals surface area contributed by atoms with Crippen molar-refractivity contribution in [1.82, 2.24) is 24.9 Å². The Bertz CT molecular complexity index is 1180. The molecule has 3 aromatic heterocycles. The van der Waals surface area contributed by atoms with E-state index in [9.17, 15) is 9.18 Å². The van der Waals surface area contributed by atoms with E-state index in [0.717, 1.165) is 22.9 Å². The third-order valence-electron chi connectivity index (χ3n) is 4.71. The van der Waals surface area contributed by atoms with Crippen LogP contribution in [0.4, 0.5) is 4.39 Å². The monoisotopic (exact) mass is 389 g/mol. The number of hydrogen-bond donors (Lipinski definition) is 1. The second-order valence-electron chi connectivity index (χ2n) is 7.03. The van der Waals surface area contributed by atoms with Crippen LogP contribution in [0.15, 0.2) is 54.9 Å². The number of halogens is 1. The topological polar surface area (TPSA) is 72.2 Å². The van der Waals surface area contributed by atoms with Gasteiger partial charge in [-0.1, -0.05) is 29.8 Å². The third kappa shape index (κ3) is 3.85. The van der Waals surface area contributed by atoms with Crippen molar-refractivity contribution in [3.05, 3.63) is 83.3 Å². The molecular formula is C22H20FN5O.